The fourth-order valence-electron chi connectivity index (χ4n) is 1.57. The zero-order chi connectivity index (χ0) is 10.8. The molecule has 0 heterocycles. The lowest BCUT2D eigenvalue weighted by atomic mass is 10.00. The van der Waals surface area contributed by atoms with Crippen LogP contribution in [0.4, 0.5) is 0 Å². The third-order valence-corrected chi connectivity index (χ3v) is 2.34. The summed E-state index contributed by atoms with van der Waals surface area (Å²) in [6, 6.07) is 0. The monoisotopic (exact) mass is 200 g/mol. The highest BCUT2D eigenvalue weighted by molar-refractivity contribution is 5.75. The van der Waals surface area contributed by atoms with Gasteiger partial charge in [0.2, 0.25) is 5.91 Å². The molecule has 1 unspecified atom stereocenters. The van der Waals surface area contributed by atoms with Gasteiger partial charge in [0.1, 0.15) is 0 Å². The summed E-state index contributed by atoms with van der Waals surface area (Å²) in [5.41, 5.74) is 5.51. The van der Waals surface area contributed by atoms with Gasteiger partial charge in [-0.1, -0.05) is 20.3 Å². The van der Waals surface area contributed by atoms with Gasteiger partial charge in [-0.15, -0.1) is 0 Å². The number of nitrogens with one attached hydrogen (secondary N) is 1. The average Bonchev–Trinajstić information content (AvgIpc) is 2.15. The van der Waals surface area contributed by atoms with E-state index in [9.17, 15) is 4.79 Å². The Bertz CT molecular complexity index is 142. The quantitative estimate of drug-likeness (QED) is 0.626. The van der Waals surface area contributed by atoms with Crippen LogP contribution in [0.5, 0.6) is 0 Å². The average molecular weight is 200 g/mol. The number of nitrogens with two attached hydrogens (primary N) is 1. The number of hydrogen-bond donors (Lipinski definition) is 2. The van der Waals surface area contributed by atoms with Gasteiger partial charge in [0, 0.05) is 13.0 Å². The maximum Gasteiger partial charge on any atom is 0.219 e. The Morgan fingerprint density at radius 1 is 1.29 bits per heavy atom. The number of carbonyl (C=O) groups excluding carboxylic acids is 1. The number of hydrogen-bond acceptors (Lipinski definition) is 2. The minimum atomic E-state index is 0.172. The van der Waals surface area contributed by atoms with Crippen molar-refractivity contribution in [1.82, 2.24) is 5.32 Å². The van der Waals surface area contributed by atoms with Crippen molar-refractivity contribution in [3.63, 3.8) is 0 Å². The highest BCUT2D eigenvalue weighted by atomic mass is 16.1. The van der Waals surface area contributed by atoms with Crippen LogP contribution in [0.15, 0.2) is 0 Å². The van der Waals surface area contributed by atoms with Crippen molar-refractivity contribution in [3.05, 3.63) is 0 Å². The van der Waals surface area contributed by atoms with Gasteiger partial charge in [-0.2, -0.15) is 0 Å². The minimum Gasteiger partial charge on any atom is -0.356 e. The first-order valence-electron chi connectivity index (χ1n) is 5.71. The Kier molecular flexibility index (Phi) is 8.64. The highest BCUT2D eigenvalue weighted by Crippen LogP contribution is 2.08. The van der Waals surface area contributed by atoms with E-state index in [-0.39, 0.29) is 5.91 Å². The molecule has 0 bridgehead atoms. The molecule has 0 radical (unpaired) electrons. The Hall–Kier alpha value is -0.570. The summed E-state index contributed by atoms with van der Waals surface area (Å²) >= 11 is 0. The standard InChI is InChI=1S/C11H24N2O/c1-3-5-10(7-8-12)9-13-11(14)6-4-2/h10H,3-9,12H2,1-2H3,(H,13,14). The SMILES string of the molecule is CCCC(=O)NCC(CCC)CCN. The van der Waals surface area contributed by atoms with Gasteiger partial charge in [0.05, 0.1) is 0 Å². The molecule has 0 aliphatic carbocycles. The molecule has 0 aliphatic rings. The first-order valence-corrected chi connectivity index (χ1v) is 5.71. The fourth-order valence-corrected chi connectivity index (χ4v) is 1.57. The third-order valence-electron chi connectivity index (χ3n) is 2.34. The summed E-state index contributed by atoms with van der Waals surface area (Å²) < 4.78 is 0. The molecule has 3 heteroatoms. The van der Waals surface area contributed by atoms with Gasteiger partial charge in [-0.05, 0) is 31.7 Å². The molecule has 1 amide bonds. The van der Waals surface area contributed by atoms with Gasteiger partial charge in [0.15, 0.2) is 0 Å². The topological polar surface area (TPSA) is 55.1 Å². The summed E-state index contributed by atoms with van der Waals surface area (Å²) in [6.45, 7) is 5.69. The summed E-state index contributed by atoms with van der Waals surface area (Å²) in [5, 5.41) is 2.96. The zero-order valence-corrected chi connectivity index (χ0v) is 9.51. The minimum absolute atomic E-state index is 0.172. The molecule has 0 aromatic carbocycles. The maximum atomic E-state index is 11.2. The van der Waals surface area contributed by atoms with Crippen molar-refractivity contribution in [1.29, 1.82) is 0 Å². The number of carbonyl (C=O) groups is 1. The number of rotatable bonds is 8. The van der Waals surface area contributed by atoms with E-state index < -0.39 is 0 Å². The molecule has 84 valence electrons. The highest BCUT2D eigenvalue weighted by Gasteiger charge is 2.08. The summed E-state index contributed by atoms with van der Waals surface area (Å²) in [6.07, 6.45) is 4.89. The van der Waals surface area contributed by atoms with E-state index in [0.717, 1.165) is 32.2 Å². The molecule has 0 saturated carbocycles. The lowest BCUT2D eigenvalue weighted by Gasteiger charge is -2.15. The van der Waals surface area contributed by atoms with Crippen LogP contribution in [-0.2, 0) is 4.79 Å². The Morgan fingerprint density at radius 2 is 2.00 bits per heavy atom. The molecule has 0 saturated heterocycles. The van der Waals surface area contributed by atoms with Crippen LogP contribution in [0.3, 0.4) is 0 Å². The summed E-state index contributed by atoms with van der Waals surface area (Å²) in [7, 11) is 0. The van der Waals surface area contributed by atoms with E-state index in [1.165, 1.54) is 0 Å². The second-order valence-electron chi connectivity index (χ2n) is 3.79. The molecule has 0 aromatic heterocycles. The van der Waals surface area contributed by atoms with E-state index >= 15 is 0 Å². The van der Waals surface area contributed by atoms with Gasteiger partial charge in [0.25, 0.3) is 0 Å². The zero-order valence-electron chi connectivity index (χ0n) is 9.51. The molecule has 0 rings (SSSR count). The van der Waals surface area contributed by atoms with Crippen LogP contribution in [0.2, 0.25) is 0 Å². The lowest BCUT2D eigenvalue weighted by molar-refractivity contribution is -0.121. The molecule has 3 N–H and O–H groups in total. The second kappa shape index (κ2) is 9.00. The van der Waals surface area contributed by atoms with E-state index in [4.69, 9.17) is 5.73 Å². The maximum absolute atomic E-state index is 11.2. The molecular formula is C11H24N2O. The van der Waals surface area contributed by atoms with Gasteiger partial charge in [-0.25, -0.2) is 0 Å². The van der Waals surface area contributed by atoms with E-state index in [0.29, 0.717) is 18.9 Å². The van der Waals surface area contributed by atoms with Crippen molar-refractivity contribution in [2.24, 2.45) is 11.7 Å². The Balaban J connectivity index is 3.63. The van der Waals surface area contributed by atoms with Crippen molar-refractivity contribution in [2.45, 2.75) is 46.0 Å². The van der Waals surface area contributed by atoms with E-state index in [1.807, 2.05) is 6.92 Å². The Morgan fingerprint density at radius 3 is 2.50 bits per heavy atom. The van der Waals surface area contributed by atoms with Crippen LogP contribution in [0, 0.1) is 5.92 Å². The van der Waals surface area contributed by atoms with E-state index in [1.54, 1.807) is 0 Å². The van der Waals surface area contributed by atoms with Crippen LogP contribution in [0.25, 0.3) is 0 Å². The van der Waals surface area contributed by atoms with Crippen LogP contribution >= 0.6 is 0 Å². The first kappa shape index (κ1) is 13.4. The van der Waals surface area contributed by atoms with Gasteiger partial charge < -0.3 is 11.1 Å². The second-order valence-corrected chi connectivity index (χ2v) is 3.79. The van der Waals surface area contributed by atoms with Crippen molar-refractivity contribution in [2.75, 3.05) is 13.1 Å². The molecule has 0 aromatic rings. The van der Waals surface area contributed by atoms with Crippen LogP contribution in [-0.4, -0.2) is 19.0 Å². The summed E-state index contributed by atoms with van der Waals surface area (Å²) in [5.74, 6) is 0.733. The molecular weight excluding hydrogens is 176 g/mol. The third kappa shape index (κ3) is 6.89. The van der Waals surface area contributed by atoms with Crippen LogP contribution in [0.1, 0.15) is 46.0 Å². The number of amides is 1. The molecule has 0 fully saturated rings. The molecule has 0 aliphatic heterocycles. The molecule has 3 nitrogen and oxygen atoms in total. The fraction of sp³-hybridized carbons (Fsp3) is 0.909. The van der Waals surface area contributed by atoms with Crippen molar-refractivity contribution < 1.29 is 4.79 Å². The predicted molar refractivity (Wildman–Crippen MR) is 60.0 cm³/mol. The molecule has 1 atom stereocenters. The van der Waals surface area contributed by atoms with Crippen molar-refractivity contribution in [3.8, 4) is 0 Å². The lowest BCUT2D eigenvalue weighted by Crippen LogP contribution is -2.30. The molecule has 0 spiro atoms. The summed E-state index contributed by atoms with van der Waals surface area (Å²) in [4.78, 5) is 11.2. The van der Waals surface area contributed by atoms with E-state index in [2.05, 4.69) is 12.2 Å². The normalized spacial score (nSPS) is 12.5. The largest absolute Gasteiger partial charge is 0.356 e. The smallest absolute Gasteiger partial charge is 0.219 e. The molecule has 14 heavy (non-hydrogen) atoms. The predicted octanol–water partition coefficient (Wildman–Crippen LogP) is 1.67. The van der Waals surface area contributed by atoms with Gasteiger partial charge >= 0.3 is 0 Å². The first-order chi connectivity index (χ1) is 6.74. The van der Waals surface area contributed by atoms with Crippen LogP contribution < -0.4 is 11.1 Å². The van der Waals surface area contributed by atoms with Gasteiger partial charge in [-0.3, -0.25) is 4.79 Å². The Labute approximate surface area is 87.4 Å². The van der Waals surface area contributed by atoms with Crippen molar-refractivity contribution >= 4 is 5.91 Å².